The van der Waals surface area contributed by atoms with Crippen molar-refractivity contribution < 1.29 is 18.0 Å². The molecule has 1 aromatic carbocycles. The Morgan fingerprint density at radius 2 is 2.03 bits per heavy atom. The van der Waals surface area contributed by atoms with Gasteiger partial charge in [-0.15, -0.1) is 11.3 Å². The molecule has 30 heavy (non-hydrogen) atoms. The molecule has 158 valence electrons. The summed E-state index contributed by atoms with van der Waals surface area (Å²) in [6.07, 6.45) is -0.874. The van der Waals surface area contributed by atoms with Gasteiger partial charge in [-0.05, 0) is 49.6 Å². The molecular formula is C22H22F3N3OS. The summed E-state index contributed by atoms with van der Waals surface area (Å²) in [4.78, 5) is 20.7. The standard InChI is InChI=1S/C22H22F3N3OS/c1-14-11-18-19(30-14)8-9-26-20(18)28-10-2-3-16(13-28)21(29)27-12-15-4-6-17(7-5-15)22(23,24)25/h4-9,11,16H,2-3,10,12-13H2,1H3,(H,27,29)/t16-/m1/s1. The quantitative estimate of drug-likeness (QED) is 0.619. The van der Waals surface area contributed by atoms with Crippen LogP contribution < -0.4 is 10.2 Å². The maximum absolute atomic E-state index is 12.7. The van der Waals surface area contributed by atoms with Crippen LogP contribution in [0.1, 0.15) is 28.8 Å². The van der Waals surface area contributed by atoms with Crippen LogP contribution in [0.4, 0.5) is 19.0 Å². The van der Waals surface area contributed by atoms with Gasteiger partial charge in [0.2, 0.25) is 5.91 Å². The number of hydrogen-bond acceptors (Lipinski definition) is 4. The second-order valence-corrected chi connectivity index (χ2v) is 8.89. The molecule has 1 amide bonds. The van der Waals surface area contributed by atoms with E-state index in [1.54, 1.807) is 11.3 Å². The number of piperidine rings is 1. The van der Waals surface area contributed by atoms with Crippen LogP contribution in [0.25, 0.3) is 10.1 Å². The third-order valence-corrected chi connectivity index (χ3v) is 6.40. The first-order chi connectivity index (χ1) is 14.3. The molecule has 3 aromatic rings. The van der Waals surface area contributed by atoms with Gasteiger partial charge in [0.25, 0.3) is 0 Å². The van der Waals surface area contributed by atoms with E-state index in [1.165, 1.54) is 21.7 Å². The highest BCUT2D eigenvalue weighted by Gasteiger charge is 2.30. The van der Waals surface area contributed by atoms with Crippen molar-refractivity contribution in [2.45, 2.75) is 32.5 Å². The zero-order valence-electron chi connectivity index (χ0n) is 16.5. The molecule has 1 N–H and O–H groups in total. The average Bonchev–Trinajstić information content (AvgIpc) is 3.12. The molecule has 1 atom stereocenters. The fourth-order valence-electron chi connectivity index (χ4n) is 3.86. The summed E-state index contributed by atoms with van der Waals surface area (Å²) in [5.41, 5.74) is -0.0463. The van der Waals surface area contributed by atoms with E-state index in [9.17, 15) is 18.0 Å². The van der Waals surface area contributed by atoms with Gasteiger partial charge in [-0.25, -0.2) is 4.98 Å². The van der Waals surface area contributed by atoms with E-state index < -0.39 is 11.7 Å². The first kappa shape index (κ1) is 20.7. The molecule has 1 fully saturated rings. The van der Waals surface area contributed by atoms with Gasteiger partial charge in [-0.2, -0.15) is 13.2 Å². The molecule has 4 rings (SSSR count). The van der Waals surface area contributed by atoms with E-state index in [4.69, 9.17) is 0 Å². The van der Waals surface area contributed by atoms with Crippen LogP contribution in [0.3, 0.4) is 0 Å². The van der Waals surface area contributed by atoms with Gasteiger partial charge < -0.3 is 10.2 Å². The Labute approximate surface area is 176 Å². The van der Waals surface area contributed by atoms with E-state index >= 15 is 0 Å². The molecule has 1 saturated heterocycles. The maximum Gasteiger partial charge on any atom is 0.416 e. The molecule has 3 heterocycles. The highest BCUT2D eigenvalue weighted by molar-refractivity contribution is 7.19. The Morgan fingerprint density at radius 1 is 1.27 bits per heavy atom. The Hall–Kier alpha value is -2.61. The van der Waals surface area contributed by atoms with Crippen molar-refractivity contribution in [3.8, 4) is 0 Å². The summed E-state index contributed by atoms with van der Waals surface area (Å²) in [5.74, 6) is 0.662. The van der Waals surface area contributed by atoms with E-state index in [0.717, 1.165) is 42.7 Å². The number of hydrogen-bond donors (Lipinski definition) is 1. The third kappa shape index (κ3) is 4.43. The van der Waals surface area contributed by atoms with Crippen LogP contribution in [-0.2, 0) is 17.5 Å². The minimum absolute atomic E-state index is 0.0757. The zero-order chi connectivity index (χ0) is 21.3. The van der Waals surface area contributed by atoms with Gasteiger partial charge in [0.15, 0.2) is 0 Å². The number of carbonyl (C=O) groups excluding carboxylic acids is 1. The van der Waals surface area contributed by atoms with E-state index in [1.807, 2.05) is 12.3 Å². The fourth-order valence-corrected chi connectivity index (χ4v) is 4.77. The van der Waals surface area contributed by atoms with Gasteiger partial charge in [0.1, 0.15) is 5.82 Å². The lowest BCUT2D eigenvalue weighted by Gasteiger charge is -2.33. The second kappa shape index (κ2) is 8.26. The number of benzene rings is 1. The number of anilines is 1. The summed E-state index contributed by atoms with van der Waals surface area (Å²) in [5, 5.41) is 3.99. The summed E-state index contributed by atoms with van der Waals surface area (Å²) in [6.45, 7) is 3.72. The number of thiophene rings is 1. The number of amides is 1. The number of pyridine rings is 1. The number of carbonyl (C=O) groups is 1. The lowest BCUT2D eigenvalue weighted by molar-refractivity contribution is -0.137. The van der Waals surface area contributed by atoms with Crippen molar-refractivity contribution in [3.63, 3.8) is 0 Å². The van der Waals surface area contributed by atoms with Crippen molar-refractivity contribution in [1.82, 2.24) is 10.3 Å². The van der Waals surface area contributed by atoms with Gasteiger partial charge in [0, 0.05) is 40.8 Å². The lowest BCUT2D eigenvalue weighted by atomic mass is 9.96. The van der Waals surface area contributed by atoms with Crippen LogP contribution in [0.5, 0.6) is 0 Å². The fraction of sp³-hybridized carbons (Fsp3) is 0.364. The Morgan fingerprint density at radius 3 is 2.77 bits per heavy atom. The smallest absolute Gasteiger partial charge is 0.355 e. The minimum Gasteiger partial charge on any atom is -0.355 e. The largest absolute Gasteiger partial charge is 0.416 e. The zero-order valence-corrected chi connectivity index (χ0v) is 17.3. The van der Waals surface area contributed by atoms with Crippen LogP contribution in [-0.4, -0.2) is 24.0 Å². The Balaban J connectivity index is 1.40. The molecule has 1 aliphatic rings. The van der Waals surface area contributed by atoms with E-state index in [2.05, 4.69) is 28.2 Å². The molecule has 8 heteroatoms. The number of rotatable bonds is 4. The number of aryl methyl sites for hydroxylation is 1. The molecule has 0 spiro atoms. The number of nitrogens with one attached hydrogen (secondary N) is 1. The molecule has 0 aliphatic carbocycles. The first-order valence-electron chi connectivity index (χ1n) is 9.85. The van der Waals surface area contributed by atoms with E-state index in [0.29, 0.717) is 12.1 Å². The molecule has 0 saturated carbocycles. The molecular weight excluding hydrogens is 411 g/mol. The number of nitrogens with zero attached hydrogens (tertiary/aromatic N) is 2. The van der Waals surface area contributed by atoms with Gasteiger partial charge >= 0.3 is 6.18 Å². The minimum atomic E-state index is -4.36. The molecule has 0 radical (unpaired) electrons. The molecule has 0 bridgehead atoms. The van der Waals surface area contributed by atoms with Crippen molar-refractivity contribution in [2.75, 3.05) is 18.0 Å². The second-order valence-electron chi connectivity index (χ2n) is 7.60. The summed E-state index contributed by atoms with van der Waals surface area (Å²) >= 11 is 1.73. The number of halogens is 3. The van der Waals surface area contributed by atoms with Gasteiger partial charge in [-0.3, -0.25) is 4.79 Å². The summed E-state index contributed by atoms with van der Waals surface area (Å²) in [6, 6.07) is 9.03. The molecule has 0 unspecified atom stereocenters. The Bertz CT molecular complexity index is 1050. The number of aromatic nitrogens is 1. The lowest BCUT2D eigenvalue weighted by Crippen LogP contribution is -2.43. The van der Waals surface area contributed by atoms with E-state index in [-0.39, 0.29) is 18.4 Å². The monoisotopic (exact) mass is 433 g/mol. The van der Waals surface area contributed by atoms with Crippen LogP contribution in [0, 0.1) is 12.8 Å². The highest BCUT2D eigenvalue weighted by Crippen LogP contribution is 2.33. The summed E-state index contributed by atoms with van der Waals surface area (Å²) < 4.78 is 39.2. The van der Waals surface area contributed by atoms with Crippen LogP contribution >= 0.6 is 11.3 Å². The van der Waals surface area contributed by atoms with Gasteiger partial charge in [-0.1, -0.05) is 12.1 Å². The first-order valence-corrected chi connectivity index (χ1v) is 10.7. The maximum atomic E-state index is 12.7. The molecule has 2 aromatic heterocycles. The van der Waals surface area contributed by atoms with Crippen molar-refractivity contribution >= 4 is 33.1 Å². The van der Waals surface area contributed by atoms with Crippen molar-refractivity contribution in [1.29, 1.82) is 0 Å². The molecule has 4 nitrogen and oxygen atoms in total. The van der Waals surface area contributed by atoms with Gasteiger partial charge in [0.05, 0.1) is 11.5 Å². The average molecular weight is 433 g/mol. The molecule has 1 aliphatic heterocycles. The summed E-state index contributed by atoms with van der Waals surface area (Å²) in [7, 11) is 0. The topological polar surface area (TPSA) is 45.2 Å². The normalized spacial score (nSPS) is 17.3. The number of alkyl halides is 3. The van der Waals surface area contributed by atoms with Crippen LogP contribution in [0.15, 0.2) is 42.6 Å². The third-order valence-electron chi connectivity index (χ3n) is 5.39. The highest BCUT2D eigenvalue weighted by atomic mass is 32.1. The predicted octanol–water partition coefficient (Wildman–Crippen LogP) is 5.16. The van der Waals surface area contributed by atoms with Crippen molar-refractivity contribution in [3.05, 3.63) is 58.6 Å². The predicted molar refractivity (Wildman–Crippen MR) is 113 cm³/mol. The number of fused-ring (bicyclic) bond motifs is 1. The van der Waals surface area contributed by atoms with Crippen molar-refractivity contribution in [2.24, 2.45) is 5.92 Å². The Kier molecular flexibility index (Phi) is 5.69. The van der Waals surface area contributed by atoms with Crippen LogP contribution in [0.2, 0.25) is 0 Å². The SMILES string of the molecule is Cc1cc2c(N3CCC[C@@H](C(=O)NCc4ccc(C(F)(F)F)cc4)C3)nccc2s1.